The summed E-state index contributed by atoms with van der Waals surface area (Å²) in [6.45, 7) is 2.81. The fourth-order valence-corrected chi connectivity index (χ4v) is 8.25. The largest absolute Gasteiger partial charge is 0.435 e. The zero-order valence-corrected chi connectivity index (χ0v) is 31.5. The third kappa shape index (κ3) is 7.07. The number of aryl methyl sites for hydroxylation is 1. The molecular formula is C37H32ClF6N7O4S. The second kappa shape index (κ2) is 13.2. The molecular weight excluding hydrogens is 788 g/mol. The summed E-state index contributed by atoms with van der Waals surface area (Å²) in [5, 5.41) is 18.5. The van der Waals surface area contributed by atoms with E-state index in [0.717, 1.165) is 18.4 Å². The highest BCUT2D eigenvalue weighted by Gasteiger charge is 2.69. The molecule has 2 aliphatic carbocycles. The molecule has 3 aromatic heterocycles. The Hall–Kier alpha value is -5.12. The molecule has 5 aromatic rings. The highest BCUT2D eigenvalue weighted by atomic mass is 35.5. The van der Waals surface area contributed by atoms with E-state index in [1.807, 2.05) is 0 Å². The van der Waals surface area contributed by atoms with Crippen molar-refractivity contribution < 1.29 is 44.7 Å². The minimum atomic E-state index is -5.18. The molecule has 2 aliphatic rings. The van der Waals surface area contributed by atoms with Crippen molar-refractivity contribution in [2.24, 2.45) is 18.7 Å². The Morgan fingerprint density at radius 2 is 1.84 bits per heavy atom. The van der Waals surface area contributed by atoms with Crippen LogP contribution in [-0.2, 0) is 40.4 Å². The maximum absolute atomic E-state index is 16.0. The molecule has 294 valence electrons. The van der Waals surface area contributed by atoms with E-state index in [1.165, 1.54) is 62.0 Å². The number of fused-ring (bicyclic) bond motifs is 4. The van der Waals surface area contributed by atoms with Crippen LogP contribution < -0.4 is 10.5 Å². The van der Waals surface area contributed by atoms with E-state index in [2.05, 4.69) is 26.8 Å². The smallest absolute Gasteiger partial charge is 0.378 e. The van der Waals surface area contributed by atoms with Crippen LogP contribution in [0.3, 0.4) is 0 Å². The molecule has 56 heavy (non-hydrogen) atoms. The number of nitrogens with zero attached hydrogens (tertiary/aromatic N) is 5. The number of pyridine rings is 1. The molecule has 0 aliphatic heterocycles. The number of rotatable bonds is 9. The van der Waals surface area contributed by atoms with Crippen LogP contribution in [0.2, 0.25) is 5.02 Å². The number of aliphatic hydroxyl groups is 1. The molecule has 1 fully saturated rings. The highest BCUT2D eigenvalue weighted by Crippen LogP contribution is 2.69. The summed E-state index contributed by atoms with van der Waals surface area (Å²) in [7, 11) is -2.39. The van der Waals surface area contributed by atoms with Gasteiger partial charge in [-0.1, -0.05) is 35.7 Å². The lowest BCUT2D eigenvalue weighted by Gasteiger charge is -2.29. The topological polar surface area (TPSA) is 158 Å². The Balaban J connectivity index is 1.56. The van der Waals surface area contributed by atoms with Crippen molar-refractivity contribution in [2.45, 2.75) is 62.3 Å². The Morgan fingerprint density at radius 3 is 2.46 bits per heavy atom. The van der Waals surface area contributed by atoms with Gasteiger partial charge in [-0.2, -0.15) is 32.1 Å². The number of benzene rings is 2. The predicted octanol–water partition coefficient (Wildman–Crippen LogP) is 6.40. The molecule has 0 bridgehead atoms. The SMILES string of the molecule is Cn1nc(NS(C)(=O)=O)c2c(Cl)ccc(-c3ccc(C#CC(C)(C)O)nc3[C@@H](Cc3cccc(F)c3)C(C(N)=O)n3nc(C(F)(F)F)c4c3C(F)(F)[C@@H]3C[C@H]43)c21. The molecule has 7 rings (SSSR count). The number of nitrogens with one attached hydrogen (secondary N) is 1. The number of carbonyl (C=O) groups is 1. The Kier molecular flexibility index (Phi) is 9.25. The second-order valence-corrected chi connectivity index (χ2v) is 16.7. The minimum Gasteiger partial charge on any atom is -0.378 e. The standard InChI is InChI=1S/C37H32ClF6N7O4S/c1-35(2,53)13-12-19-8-9-20(21-10-11-25(38)27-29(21)50(3)48-34(27)49-56(4,54)55)28(46-19)23(15-17-6-5-7-18(39)14-17)30(33(45)52)51-32-26(31(47-51)37(42,43)44)22-16-24(22)36(32,40)41/h5-11,14,22-24,30,53H,15-16H2,1-4H3,(H2,45,52)(H,48,49)/t22-,23+,24+,30?/m0/s1. The van der Waals surface area contributed by atoms with E-state index in [4.69, 9.17) is 22.3 Å². The Bertz CT molecular complexity index is 2620. The first-order chi connectivity index (χ1) is 26.0. The number of primary amides is 1. The summed E-state index contributed by atoms with van der Waals surface area (Å²) in [5.41, 5.74) is 1.81. The van der Waals surface area contributed by atoms with E-state index in [9.17, 15) is 35.9 Å². The Morgan fingerprint density at radius 1 is 1.14 bits per heavy atom. The first kappa shape index (κ1) is 39.1. The van der Waals surface area contributed by atoms with Gasteiger partial charge in [-0.05, 0) is 74.4 Å². The van der Waals surface area contributed by atoms with Gasteiger partial charge in [0.15, 0.2) is 11.5 Å². The quantitative estimate of drug-likeness (QED) is 0.115. The van der Waals surface area contributed by atoms with Gasteiger partial charge in [-0.3, -0.25) is 14.2 Å². The Labute approximate surface area is 320 Å². The molecule has 1 unspecified atom stereocenters. The molecule has 1 amide bonds. The molecule has 11 nitrogen and oxygen atoms in total. The number of sulfonamides is 1. The molecule has 0 radical (unpaired) electrons. The molecule has 4 N–H and O–H groups in total. The monoisotopic (exact) mass is 819 g/mol. The summed E-state index contributed by atoms with van der Waals surface area (Å²) in [6.07, 6.45) is -4.87. The van der Waals surface area contributed by atoms with Gasteiger partial charge in [0, 0.05) is 35.6 Å². The predicted molar refractivity (Wildman–Crippen MR) is 194 cm³/mol. The van der Waals surface area contributed by atoms with Crippen LogP contribution >= 0.6 is 11.6 Å². The number of carbonyl (C=O) groups excluding carboxylic acids is 1. The van der Waals surface area contributed by atoms with Crippen LogP contribution in [0, 0.1) is 23.6 Å². The van der Waals surface area contributed by atoms with Crippen molar-refractivity contribution in [1.82, 2.24) is 24.5 Å². The first-order valence-corrected chi connectivity index (χ1v) is 19.2. The number of nitrogens with two attached hydrogens (primary N) is 1. The van der Waals surface area contributed by atoms with Crippen molar-refractivity contribution in [2.75, 3.05) is 11.0 Å². The van der Waals surface area contributed by atoms with Crippen LogP contribution in [0.15, 0.2) is 48.5 Å². The molecule has 4 atom stereocenters. The summed E-state index contributed by atoms with van der Waals surface area (Å²) in [5.74, 6) is -4.79. The van der Waals surface area contributed by atoms with Crippen LogP contribution in [0.4, 0.5) is 32.2 Å². The lowest BCUT2D eigenvalue weighted by Crippen LogP contribution is -2.37. The van der Waals surface area contributed by atoms with Gasteiger partial charge in [0.05, 0.1) is 27.9 Å². The van der Waals surface area contributed by atoms with Crippen molar-refractivity contribution in [3.8, 4) is 23.0 Å². The molecule has 2 aromatic carbocycles. The van der Waals surface area contributed by atoms with Gasteiger partial charge in [0.2, 0.25) is 15.9 Å². The van der Waals surface area contributed by atoms with Gasteiger partial charge in [-0.15, -0.1) is 0 Å². The van der Waals surface area contributed by atoms with E-state index in [0.29, 0.717) is 4.68 Å². The number of hydrogen-bond acceptors (Lipinski definition) is 7. The van der Waals surface area contributed by atoms with Crippen LogP contribution in [0.5, 0.6) is 0 Å². The van der Waals surface area contributed by atoms with Gasteiger partial charge in [0.1, 0.15) is 28.8 Å². The van der Waals surface area contributed by atoms with Crippen molar-refractivity contribution >= 4 is 44.3 Å². The van der Waals surface area contributed by atoms with E-state index < -0.39 is 86.6 Å². The zero-order chi connectivity index (χ0) is 40.9. The minimum absolute atomic E-state index is 0.0127. The van der Waals surface area contributed by atoms with Gasteiger partial charge < -0.3 is 10.8 Å². The highest BCUT2D eigenvalue weighted by molar-refractivity contribution is 7.92. The molecule has 3 heterocycles. The number of halogens is 7. The van der Waals surface area contributed by atoms with Crippen LogP contribution in [0.25, 0.3) is 22.0 Å². The molecule has 0 spiro atoms. The van der Waals surface area contributed by atoms with Crippen molar-refractivity contribution in [3.05, 3.63) is 93.3 Å². The fourth-order valence-electron chi connectivity index (χ4n) is 7.51. The molecule has 0 saturated heterocycles. The number of anilines is 1. The number of hydrogen-bond donors (Lipinski definition) is 3. The number of aromatic nitrogens is 5. The third-order valence-corrected chi connectivity index (χ3v) is 10.6. The summed E-state index contributed by atoms with van der Waals surface area (Å²) < 4.78 is 119. The van der Waals surface area contributed by atoms with Crippen molar-refractivity contribution in [3.63, 3.8) is 0 Å². The van der Waals surface area contributed by atoms with E-state index >= 15 is 8.78 Å². The van der Waals surface area contributed by atoms with Crippen molar-refractivity contribution in [1.29, 1.82) is 0 Å². The normalized spacial score (nSPS) is 18.5. The summed E-state index contributed by atoms with van der Waals surface area (Å²) >= 11 is 6.59. The lowest BCUT2D eigenvalue weighted by atomic mass is 9.84. The second-order valence-electron chi connectivity index (χ2n) is 14.5. The lowest BCUT2D eigenvalue weighted by molar-refractivity contribution is -0.142. The van der Waals surface area contributed by atoms with Gasteiger partial charge >= 0.3 is 6.18 Å². The fraction of sp³-hybridized carbons (Fsp3) is 0.351. The van der Waals surface area contributed by atoms with Crippen LogP contribution in [-0.4, -0.2) is 55.8 Å². The summed E-state index contributed by atoms with van der Waals surface area (Å²) in [6, 6.07) is 8.86. The summed E-state index contributed by atoms with van der Waals surface area (Å²) in [4.78, 5) is 18.5. The number of alkyl halides is 5. The van der Waals surface area contributed by atoms with E-state index in [1.54, 1.807) is 0 Å². The van der Waals surface area contributed by atoms with Crippen LogP contribution in [0.1, 0.15) is 72.0 Å². The number of amides is 1. The molecule has 1 saturated carbocycles. The maximum atomic E-state index is 16.0. The zero-order valence-electron chi connectivity index (χ0n) is 29.9. The van der Waals surface area contributed by atoms with Gasteiger partial charge in [0.25, 0.3) is 5.92 Å². The maximum Gasteiger partial charge on any atom is 0.435 e. The average molecular weight is 820 g/mol. The van der Waals surface area contributed by atoms with Gasteiger partial charge in [-0.25, -0.2) is 22.5 Å². The first-order valence-electron chi connectivity index (χ1n) is 17.0. The van der Waals surface area contributed by atoms with E-state index in [-0.39, 0.29) is 56.2 Å². The third-order valence-electron chi connectivity index (χ3n) is 9.72. The molecule has 19 heteroatoms. The average Bonchev–Trinajstić information content (AvgIpc) is 3.60.